The Morgan fingerprint density at radius 1 is 1.09 bits per heavy atom. The van der Waals surface area contributed by atoms with Crippen LogP contribution < -0.4 is 0 Å². The number of hydrogen-bond acceptors (Lipinski definition) is 4. The largest absolute Gasteiger partial charge is 0.390 e. The van der Waals surface area contributed by atoms with Crippen LogP contribution in [0.15, 0.2) is 42.5 Å². The first kappa shape index (κ1) is 18.4. The maximum absolute atomic E-state index is 10.4. The van der Waals surface area contributed by atoms with Crippen molar-refractivity contribution in [2.75, 3.05) is 26.7 Å². The molecule has 0 spiro atoms. The van der Waals surface area contributed by atoms with Gasteiger partial charge in [0.2, 0.25) is 0 Å². The highest BCUT2D eigenvalue weighted by atomic mass is 35.5. The van der Waals surface area contributed by atoms with Crippen molar-refractivity contribution in [1.82, 2.24) is 9.80 Å². The molecule has 2 aromatic rings. The lowest BCUT2D eigenvalue weighted by Gasteiger charge is -2.26. The first-order chi connectivity index (χ1) is 11.1. The van der Waals surface area contributed by atoms with E-state index in [0.29, 0.717) is 13.1 Å². The van der Waals surface area contributed by atoms with Gasteiger partial charge >= 0.3 is 0 Å². The van der Waals surface area contributed by atoms with Crippen LogP contribution in [0.4, 0.5) is 0 Å². The average molecular weight is 353 g/mol. The van der Waals surface area contributed by atoms with Crippen molar-refractivity contribution < 1.29 is 5.11 Å². The molecule has 0 amide bonds. The van der Waals surface area contributed by atoms with Crippen molar-refractivity contribution in [2.45, 2.75) is 26.1 Å². The second kappa shape index (κ2) is 9.40. The summed E-state index contributed by atoms with van der Waals surface area (Å²) in [5.41, 5.74) is 1.27. The molecule has 23 heavy (non-hydrogen) atoms. The molecule has 2 rings (SSSR count). The van der Waals surface area contributed by atoms with Gasteiger partial charge in [0.15, 0.2) is 0 Å². The summed E-state index contributed by atoms with van der Waals surface area (Å²) in [7, 11) is 2.05. The fourth-order valence-electron chi connectivity index (χ4n) is 2.64. The number of nitrogens with zero attached hydrogens (tertiary/aromatic N) is 2. The lowest BCUT2D eigenvalue weighted by atomic mass is 10.2. The van der Waals surface area contributed by atoms with Crippen molar-refractivity contribution in [3.8, 4) is 0 Å². The van der Waals surface area contributed by atoms with E-state index in [-0.39, 0.29) is 6.10 Å². The summed E-state index contributed by atoms with van der Waals surface area (Å²) >= 11 is 7.59. The molecule has 0 saturated carbocycles. The van der Waals surface area contributed by atoms with E-state index in [1.54, 1.807) is 11.3 Å². The Kier molecular flexibility index (Phi) is 7.53. The number of rotatable bonds is 9. The van der Waals surface area contributed by atoms with Gasteiger partial charge < -0.3 is 5.11 Å². The Morgan fingerprint density at radius 3 is 2.43 bits per heavy atom. The van der Waals surface area contributed by atoms with E-state index < -0.39 is 0 Å². The number of aliphatic hydroxyl groups excluding tert-OH is 1. The number of benzene rings is 1. The molecule has 1 atom stereocenters. The SMILES string of the molecule is CCN(Cc1ccc(Cl)s1)CC(O)CN(C)Cc1ccccc1. The maximum atomic E-state index is 10.4. The molecule has 0 fully saturated rings. The average Bonchev–Trinajstić information content (AvgIpc) is 2.92. The molecular weight excluding hydrogens is 328 g/mol. The molecule has 0 saturated heterocycles. The van der Waals surface area contributed by atoms with E-state index in [0.717, 1.165) is 24.0 Å². The normalized spacial score (nSPS) is 13.0. The minimum absolute atomic E-state index is 0.362. The van der Waals surface area contributed by atoms with Gasteiger partial charge in [-0.15, -0.1) is 11.3 Å². The van der Waals surface area contributed by atoms with Crippen LogP contribution in [-0.2, 0) is 13.1 Å². The van der Waals surface area contributed by atoms with Gasteiger partial charge in [-0.05, 0) is 31.3 Å². The van der Waals surface area contributed by atoms with Crippen molar-refractivity contribution in [3.63, 3.8) is 0 Å². The summed E-state index contributed by atoms with van der Waals surface area (Å²) in [6.07, 6.45) is -0.362. The third kappa shape index (κ3) is 6.61. The summed E-state index contributed by atoms with van der Waals surface area (Å²) < 4.78 is 0.819. The van der Waals surface area contributed by atoms with E-state index in [2.05, 4.69) is 34.9 Å². The number of halogens is 1. The zero-order valence-corrected chi connectivity index (χ0v) is 15.4. The lowest BCUT2D eigenvalue weighted by Crippen LogP contribution is -2.38. The topological polar surface area (TPSA) is 26.7 Å². The molecule has 1 heterocycles. The van der Waals surface area contributed by atoms with Crippen molar-refractivity contribution >= 4 is 22.9 Å². The Balaban J connectivity index is 1.78. The predicted octanol–water partition coefficient (Wildman–Crippen LogP) is 3.72. The Bertz CT molecular complexity index is 575. The van der Waals surface area contributed by atoms with Crippen molar-refractivity contribution in [2.24, 2.45) is 0 Å². The Morgan fingerprint density at radius 2 is 1.83 bits per heavy atom. The zero-order valence-electron chi connectivity index (χ0n) is 13.8. The molecule has 1 N–H and O–H groups in total. The van der Waals surface area contributed by atoms with Gasteiger partial charge in [0.1, 0.15) is 0 Å². The van der Waals surface area contributed by atoms with Gasteiger partial charge in [-0.2, -0.15) is 0 Å². The van der Waals surface area contributed by atoms with Crippen LogP contribution in [0.1, 0.15) is 17.4 Å². The fourth-order valence-corrected chi connectivity index (χ4v) is 3.77. The Hall–Kier alpha value is -0.910. The molecular formula is C18H25ClN2OS. The molecule has 3 nitrogen and oxygen atoms in total. The van der Waals surface area contributed by atoms with E-state index >= 15 is 0 Å². The van der Waals surface area contributed by atoms with Crippen LogP contribution in [0, 0.1) is 0 Å². The summed E-state index contributed by atoms with van der Waals surface area (Å²) in [5, 5.41) is 10.4. The van der Waals surface area contributed by atoms with Crippen LogP contribution in [0.2, 0.25) is 4.34 Å². The molecule has 0 aliphatic heterocycles. The Labute approximate surface area is 148 Å². The lowest BCUT2D eigenvalue weighted by molar-refractivity contribution is 0.0795. The number of likely N-dealkylation sites (N-methyl/N-ethyl adjacent to an activating group) is 2. The first-order valence-corrected chi connectivity index (χ1v) is 9.13. The molecule has 0 aliphatic carbocycles. The highest BCUT2D eigenvalue weighted by molar-refractivity contribution is 7.16. The molecule has 1 aromatic heterocycles. The molecule has 0 aliphatic rings. The second-order valence-corrected chi connectivity index (χ2v) is 7.67. The standard InChI is InChI=1S/C18H25ClN2OS/c1-3-21(14-17-9-10-18(19)23-17)13-16(22)12-20(2)11-15-7-5-4-6-8-15/h4-10,16,22H,3,11-14H2,1-2H3. The fraction of sp³-hybridized carbons (Fsp3) is 0.444. The van der Waals surface area contributed by atoms with Crippen LogP contribution in [0.3, 0.4) is 0 Å². The van der Waals surface area contributed by atoms with Gasteiger partial charge in [0.05, 0.1) is 10.4 Å². The summed E-state index contributed by atoms with van der Waals surface area (Å²) in [6.45, 7) is 6.06. The number of thiophene rings is 1. The third-order valence-corrected chi connectivity index (χ3v) is 4.96. The quantitative estimate of drug-likeness (QED) is 0.745. The summed E-state index contributed by atoms with van der Waals surface area (Å²) in [4.78, 5) is 5.65. The van der Waals surface area contributed by atoms with Crippen LogP contribution >= 0.6 is 22.9 Å². The van der Waals surface area contributed by atoms with Crippen molar-refractivity contribution in [3.05, 3.63) is 57.2 Å². The van der Waals surface area contributed by atoms with E-state index in [9.17, 15) is 5.11 Å². The van der Waals surface area contributed by atoms with Crippen molar-refractivity contribution in [1.29, 1.82) is 0 Å². The third-order valence-electron chi connectivity index (χ3n) is 3.74. The number of aliphatic hydroxyl groups is 1. The van der Waals surface area contributed by atoms with Gasteiger partial charge in [0.25, 0.3) is 0 Å². The highest BCUT2D eigenvalue weighted by Crippen LogP contribution is 2.22. The maximum Gasteiger partial charge on any atom is 0.0931 e. The van der Waals surface area contributed by atoms with Crippen LogP contribution in [-0.4, -0.2) is 47.7 Å². The predicted molar refractivity (Wildman–Crippen MR) is 99.1 cm³/mol. The summed E-state index contributed by atoms with van der Waals surface area (Å²) in [6, 6.07) is 14.3. The molecule has 126 valence electrons. The van der Waals surface area contributed by atoms with Gasteiger partial charge in [-0.25, -0.2) is 0 Å². The first-order valence-electron chi connectivity index (χ1n) is 7.94. The summed E-state index contributed by atoms with van der Waals surface area (Å²) in [5.74, 6) is 0. The number of hydrogen-bond donors (Lipinski definition) is 1. The molecule has 0 radical (unpaired) electrons. The molecule has 0 bridgehead atoms. The van der Waals surface area contributed by atoms with E-state index in [4.69, 9.17) is 11.6 Å². The molecule has 5 heteroatoms. The molecule has 1 aromatic carbocycles. The van der Waals surface area contributed by atoms with Gasteiger partial charge in [-0.1, -0.05) is 48.9 Å². The minimum Gasteiger partial charge on any atom is -0.390 e. The smallest absolute Gasteiger partial charge is 0.0931 e. The second-order valence-electron chi connectivity index (χ2n) is 5.87. The van der Waals surface area contributed by atoms with Crippen LogP contribution in [0.25, 0.3) is 0 Å². The zero-order chi connectivity index (χ0) is 16.7. The van der Waals surface area contributed by atoms with Gasteiger partial charge in [0, 0.05) is 31.1 Å². The van der Waals surface area contributed by atoms with E-state index in [1.807, 2.05) is 31.3 Å². The van der Waals surface area contributed by atoms with E-state index in [1.165, 1.54) is 10.4 Å². The highest BCUT2D eigenvalue weighted by Gasteiger charge is 2.14. The monoisotopic (exact) mass is 352 g/mol. The van der Waals surface area contributed by atoms with Crippen LogP contribution in [0.5, 0.6) is 0 Å². The molecule has 1 unspecified atom stereocenters. The minimum atomic E-state index is -0.362. The van der Waals surface area contributed by atoms with Gasteiger partial charge in [-0.3, -0.25) is 9.80 Å².